The molecule has 1 aromatic heterocycles. The van der Waals surface area contributed by atoms with Gasteiger partial charge in [-0.2, -0.15) is 0 Å². The zero-order valence-electron chi connectivity index (χ0n) is 13.2. The van der Waals surface area contributed by atoms with E-state index < -0.39 is 0 Å². The Morgan fingerprint density at radius 3 is 2.55 bits per heavy atom. The van der Waals surface area contributed by atoms with Crippen LogP contribution in [-0.4, -0.2) is 47.1 Å². The van der Waals surface area contributed by atoms with Crippen molar-refractivity contribution in [3.05, 3.63) is 11.4 Å². The third-order valence-corrected chi connectivity index (χ3v) is 4.24. The highest BCUT2D eigenvalue weighted by atomic mass is 15.3. The monoisotopic (exact) mass is 278 g/mol. The molecule has 3 N–H and O–H groups in total. The van der Waals surface area contributed by atoms with Gasteiger partial charge in [-0.1, -0.05) is 6.92 Å². The molecule has 1 fully saturated rings. The SMILES string of the molecule is CCc1nc(NN)c(C)c(N2CCN(C)C(C)(C)C2)n1. The number of rotatable bonds is 3. The highest BCUT2D eigenvalue weighted by Crippen LogP contribution is 2.28. The van der Waals surface area contributed by atoms with Gasteiger partial charge in [0, 0.05) is 37.2 Å². The Morgan fingerprint density at radius 2 is 2.00 bits per heavy atom. The predicted octanol–water partition coefficient (Wildman–Crippen LogP) is 1.16. The second-order valence-corrected chi connectivity index (χ2v) is 6.09. The summed E-state index contributed by atoms with van der Waals surface area (Å²) in [5, 5.41) is 0. The van der Waals surface area contributed by atoms with Crippen molar-refractivity contribution in [2.24, 2.45) is 5.84 Å². The summed E-state index contributed by atoms with van der Waals surface area (Å²) in [6.45, 7) is 11.6. The lowest BCUT2D eigenvalue weighted by atomic mass is 9.99. The Labute approximate surface area is 121 Å². The minimum absolute atomic E-state index is 0.137. The Morgan fingerprint density at radius 1 is 1.30 bits per heavy atom. The fourth-order valence-corrected chi connectivity index (χ4v) is 2.58. The molecule has 1 aromatic rings. The van der Waals surface area contributed by atoms with Gasteiger partial charge < -0.3 is 10.3 Å². The molecule has 0 unspecified atom stereocenters. The molecule has 0 atom stereocenters. The van der Waals surface area contributed by atoms with Gasteiger partial charge in [-0.05, 0) is 27.8 Å². The van der Waals surface area contributed by atoms with Gasteiger partial charge in [0.1, 0.15) is 17.5 Å². The van der Waals surface area contributed by atoms with Crippen LogP contribution in [0.4, 0.5) is 11.6 Å². The van der Waals surface area contributed by atoms with Crippen LogP contribution in [0.2, 0.25) is 0 Å². The normalized spacial score (nSPS) is 19.2. The maximum Gasteiger partial charge on any atom is 0.148 e. The number of nitrogen functional groups attached to an aromatic ring is 1. The van der Waals surface area contributed by atoms with Crippen molar-refractivity contribution in [1.29, 1.82) is 0 Å². The van der Waals surface area contributed by atoms with Gasteiger partial charge in [0.25, 0.3) is 0 Å². The van der Waals surface area contributed by atoms with E-state index in [2.05, 4.69) is 48.0 Å². The van der Waals surface area contributed by atoms with Gasteiger partial charge in [-0.25, -0.2) is 15.8 Å². The number of likely N-dealkylation sites (N-methyl/N-ethyl adjacent to an activating group) is 1. The van der Waals surface area contributed by atoms with E-state index in [0.717, 1.165) is 49.1 Å². The molecular weight excluding hydrogens is 252 g/mol. The lowest BCUT2D eigenvalue weighted by molar-refractivity contribution is 0.138. The summed E-state index contributed by atoms with van der Waals surface area (Å²) in [4.78, 5) is 13.9. The third kappa shape index (κ3) is 2.71. The molecule has 0 spiro atoms. The summed E-state index contributed by atoms with van der Waals surface area (Å²) < 4.78 is 0. The number of aromatic nitrogens is 2. The van der Waals surface area contributed by atoms with Crippen molar-refractivity contribution in [2.75, 3.05) is 37.0 Å². The second-order valence-electron chi connectivity index (χ2n) is 6.09. The van der Waals surface area contributed by atoms with Crippen LogP contribution in [0.3, 0.4) is 0 Å². The third-order valence-electron chi connectivity index (χ3n) is 4.24. The maximum absolute atomic E-state index is 5.58. The maximum atomic E-state index is 5.58. The van der Waals surface area contributed by atoms with E-state index >= 15 is 0 Å². The zero-order chi connectivity index (χ0) is 14.9. The molecule has 0 bridgehead atoms. The predicted molar refractivity (Wildman–Crippen MR) is 82.9 cm³/mol. The van der Waals surface area contributed by atoms with Crippen LogP contribution in [-0.2, 0) is 6.42 Å². The molecule has 0 amide bonds. The molecular formula is C14H26N6. The molecule has 0 aromatic carbocycles. The lowest BCUT2D eigenvalue weighted by Gasteiger charge is -2.46. The molecule has 112 valence electrons. The molecule has 0 saturated carbocycles. The van der Waals surface area contributed by atoms with E-state index in [1.807, 2.05) is 6.92 Å². The Kier molecular flexibility index (Phi) is 4.15. The number of nitrogens with zero attached hydrogens (tertiary/aromatic N) is 4. The van der Waals surface area contributed by atoms with Gasteiger partial charge >= 0.3 is 0 Å². The fraction of sp³-hybridized carbons (Fsp3) is 0.714. The average molecular weight is 278 g/mol. The molecule has 0 aliphatic carbocycles. The highest BCUT2D eigenvalue weighted by molar-refractivity contribution is 5.58. The first kappa shape index (κ1) is 15.0. The summed E-state index contributed by atoms with van der Waals surface area (Å²) in [5.74, 6) is 8.14. The van der Waals surface area contributed by atoms with Crippen LogP contribution < -0.4 is 16.2 Å². The molecule has 1 aliphatic heterocycles. The Bertz CT molecular complexity index is 485. The van der Waals surface area contributed by atoms with Gasteiger partial charge in [-0.3, -0.25) is 4.90 Å². The largest absolute Gasteiger partial charge is 0.353 e. The lowest BCUT2D eigenvalue weighted by Crippen LogP contribution is -2.58. The standard InChI is InChI=1S/C14H26N6/c1-6-11-16-12(18-15)10(2)13(17-11)20-8-7-19(5)14(3,4)9-20/h6-9,15H2,1-5H3,(H,16,17,18). The number of nitrogens with two attached hydrogens (primary N) is 1. The van der Waals surface area contributed by atoms with Gasteiger partial charge in [0.05, 0.1) is 0 Å². The number of hydrogen-bond acceptors (Lipinski definition) is 6. The van der Waals surface area contributed by atoms with E-state index in [0.29, 0.717) is 0 Å². The minimum Gasteiger partial charge on any atom is -0.353 e. The van der Waals surface area contributed by atoms with Crippen molar-refractivity contribution < 1.29 is 0 Å². The number of nitrogens with one attached hydrogen (secondary N) is 1. The number of hydrogen-bond donors (Lipinski definition) is 2. The van der Waals surface area contributed by atoms with Crippen molar-refractivity contribution in [2.45, 2.75) is 39.7 Å². The molecule has 0 radical (unpaired) electrons. The van der Waals surface area contributed by atoms with E-state index in [1.54, 1.807) is 0 Å². The van der Waals surface area contributed by atoms with E-state index in [4.69, 9.17) is 10.8 Å². The number of anilines is 2. The summed E-state index contributed by atoms with van der Waals surface area (Å²) in [6, 6.07) is 0. The van der Waals surface area contributed by atoms with Crippen LogP contribution >= 0.6 is 0 Å². The molecule has 6 nitrogen and oxygen atoms in total. The van der Waals surface area contributed by atoms with Crippen molar-refractivity contribution in [3.8, 4) is 0 Å². The molecule has 2 rings (SSSR count). The van der Waals surface area contributed by atoms with Crippen LogP contribution in [0.25, 0.3) is 0 Å². The molecule has 1 aliphatic rings. The van der Waals surface area contributed by atoms with Crippen LogP contribution in [0.15, 0.2) is 0 Å². The molecule has 1 saturated heterocycles. The van der Waals surface area contributed by atoms with Crippen molar-refractivity contribution in [1.82, 2.24) is 14.9 Å². The van der Waals surface area contributed by atoms with E-state index in [-0.39, 0.29) is 5.54 Å². The first-order valence-corrected chi connectivity index (χ1v) is 7.19. The summed E-state index contributed by atoms with van der Waals surface area (Å²) in [5.41, 5.74) is 3.85. The number of piperazine rings is 1. The Hall–Kier alpha value is -1.40. The highest BCUT2D eigenvalue weighted by Gasteiger charge is 2.32. The molecule has 2 heterocycles. The van der Waals surface area contributed by atoms with Crippen LogP contribution in [0.5, 0.6) is 0 Å². The van der Waals surface area contributed by atoms with Crippen molar-refractivity contribution >= 4 is 11.6 Å². The van der Waals surface area contributed by atoms with Crippen LogP contribution in [0.1, 0.15) is 32.2 Å². The fourth-order valence-electron chi connectivity index (χ4n) is 2.58. The summed E-state index contributed by atoms with van der Waals surface area (Å²) >= 11 is 0. The first-order valence-electron chi connectivity index (χ1n) is 7.19. The number of aryl methyl sites for hydroxylation is 1. The molecule has 6 heteroatoms. The summed E-state index contributed by atoms with van der Waals surface area (Å²) in [7, 11) is 2.18. The zero-order valence-corrected chi connectivity index (χ0v) is 13.2. The Balaban J connectivity index is 2.37. The number of hydrazine groups is 1. The smallest absolute Gasteiger partial charge is 0.148 e. The molecule has 20 heavy (non-hydrogen) atoms. The van der Waals surface area contributed by atoms with Gasteiger partial charge in [0.15, 0.2) is 0 Å². The first-order chi connectivity index (χ1) is 9.39. The van der Waals surface area contributed by atoms with E-state index in [1.165, 1.54) is 0 Å². The van der Waals surface area contributed by atoms with Crippen LogP contribution in [0, 0.1) is 6.92 Å². The van der Waals surface area contributed by atoms with E-state index in [9.17, 15) is 0 Å². The van der Waals surface area contributed by atoms with Gasteiger partial charge in [-0.15, -0.1) is 0 Å². The minimum atomic E-state index is 0.137. The van der Waals surface area contributed by atoms with Gasteiger partial charge in [0.2, 0.25) is 0 Å². The second kappa shape index (κ2) is 5.54. The summed E-state index contributed by atoms with van der Waals surface area (Å²) in [6.07, 6.45) is 0.805. The quantitative estimate of drug-likeness (QED) is 0.639. The van der Waals surface area contributed by atoms with Crippen molar-refractivity contribution in [3.63, 3.8) is 0 Å². The topological polar surface area (TPSA) is 70.3 Å². The average Bonchev–Trinajstić information content (AvgIpc) is 2.42.